The van der Waals surface area contributed by atoms with Crippen LogP contribution in [0.3, 0.4) is 0 Å². The molecule has 0 aromatic heterocycles. The van der Waals surface area contributed by atoms with E-state index < -0.39 is 0 Å². The highest BCUT2D eigenvalue weighted by Gasteiger charge is 2.24. The van der Waals surface area contributed by atoms with Crippen molar-refractivity contribution < 1.29 is 0 Å². The molecule has 2 nitrogen and oxygen atoms in total. The molecule has 1 aromatic carbocycles. The summed E-state index contributed by atoms with van der Waals surface area (Å²) in [5.74, 6) is 0. The summed E-state index contributed by atoms with van der Waals surface area (Å²) in [5, 5.41) is 3.65. The van der Waals surface area contributed by atoms with E-state index in [9.17, 15) is 0 Å². The number of fused-ring (bicyclic) bond motifs is 1. The minimum atomic E-state index is 0.560. The van der Waals surface area contributed by atoms with Crippen molar-refractivity contribution in [3.8, 4) is 0 Å². The Labute approximate surface area is 97.6 Å². The fourth-order valence-corrected chi connectivity index (χ4v) is 2.77. The normalized spacial score (nSPS) is 24.9. The van der Waals surface area contributed by atoms with E-state index in [1.807, 2.05) is 0 Å². The number of hydrogen-bond donors (Lipinski definition) is 1. The quantitative estimate of drug-likeness (QED) is 0.812. The lowest BCUT2D eigenvalue weighted by atomic mass is 9.92. The SMILES string of the molecule is Cc1ccc2c(c1)CCNC2CN1CCC1. The Morgan fingerprint density at radius 2 is 2.25 bits per heavy atom. The first-order chi connectivity index (χ1) is 7.83. The summed E-state index contributed by atoms with van der Waals surface area (Å²) in [4.78, 5) is 2.55. The first-order valence-corrected chi connectivity index (χ1v) is 6.38. The van der Waals surface area contributed by atoms with Crippen LogP contribution in [0.5, 0.6) is 0 Å². The van der Waals surface area contributed by atoms with Gasteiger partial charge in [-0.3, -0.25) is 0 Å². The largest absolute Gasteiger partial charge is 0.309 e. The smallest absolute Gasteiger partial charge is 0.0452 e. The average molecular weight is 216 g/mol. The maximum absolute atomic E-state index is 3.65. The van der Waals surface area contributed by atoms with Crippen LogP contribution in [0.1, 0.15) is 29.2 Å². The van der Waals surface area contributed by atoms with Gasteiger partial charge in [0.15, 0.2) is 0 Å². The van der Waals surface area contributed by atoms with E-state index in [2.05, 4.69) is 35.3 Å². The first-order valence-electron chi connectivity index (χ1n) is 6.38. The van der Waals surface area contributed by atoms with Crippen molar-refractivity contribution >= 4 is 0 Å². The van der Waals surface area contributed by atoms with Gasteiger partial charge in [0.05, 0.1) is 0 Å². The zero-order valence-corrected chi connectivity index (χ0v) is 10.00. The van der Waals surface area contributed by atoms with Gasteiger partial charge in [0, 0.05) is 12.6 Å². The zero-order valence-electron chi connectivity index (χ0n) is 10.00. The van der Waals surface area contributed by atoms with E-state index in [4.69, 9.17) is 0 Å². The van der Waals surface area contributed by atoms with Crippen molar-refractivity contribution in [2.24, 2.45) is 0 Å². The third-order valence-corrected chi connectivity index (χ3v) is 3.85. The molecular formula is C14H20N2. The van der Waals surface area contributed by atoms with Gasteiger partial charge in [-0.25, -0.2) is 0 Å². The molecule has 16 heavy (non-hydrogen) atoms. The summed E-state index contributed by atoms with van der Waals surface area (Å²) in [7, 11) is 0. The molecule has 2 heterocycles. The molecule has 0 aliphatic carbocycles. The Hall–Kier alpha value is -0.860. The van der Waals surface area contributed by atoms with Gasteiger partial charge in [-0.2, -0.15) is 0 Å². The fraction of sp³-hybridized carbons (Fsp3) is 0.571. The van der Waals surface area contributed by atoms with E-state index in [1.165, 1.54) is 43.6 Å². The third-order valence-electron chi connectivity index (χ3n) is 3.85. The van der Waals surface area contributed by atoms with E-state index in [0.717, 1.165) is 6.54 Å². The minimum Gasteiger partial charge on any atom is -0.309 e. The van der Waals surface area contributed by atoms with Crippen molar-refractivity contribution in [2.75, 3.05) is 26.2 Å². The third kappa shape index (κ3) is 1.87. The van der Waals surface area contributed by atoms with Gasteiger partial charge in [0.2, 0.25) is 0 Å². The molecule has 0 radical (unpaired) electrons. The van der Waals surface area contributed by atoms with Crippen LogP contribution in [0, 0.1) is 6.92 Å². The second kappa shape index (κ2) is 4.19. The number of aryl methyl sites for hydroxylation is 1. The van der Waals surface area contributed by atoms with Crippen molar-refractivity contribution in [1.82, 2.24) is 10.2 Å². The number of rotatable bonds is 2. The van der Waals surface area contributed by atoms with Crippen LogP contribution in [-0.4, -0.2) is 31.1 Å². The van der Waals surface area contributed by atoms with E-state index in [-0.39, 0.29) is 0 Å². The minimum absolute atomic E-state index is 0.560. The van der Waals surface area contributed by atoms with Crippen LogP contribution < -0.4 is 5.32 Å². The molecule has 1 saturated heterocycles. The lowest BCUT2D eigenvalue weighted by Crippen LogP contribution is -2.44. The van der Waals surface area contributed by atoms with E-state index in [1.54, 1.807) is 5.56 Å². The monoisotopic (exact) mass is 216 g/mol. The number of hydrogen-bond acceptors (Lipinski definition) is 2. The molecule has 0 bridgehead atoms. The van der Waals surface area contributed by atoms with Crippen LogP contribution >= 0.6 is 0 Å². The topological polar surface area (TPSA) is 15.3 Å². The van der Waals surface area contributed by atoms with Crippen molar-refractivity contribution in [2.45, 2.75) is 25.8 Å². The molecule has 2 aliphatic heterocycles. The number of benzene rings is 1. The second-order valence-electron chi connectivity index (χ2n) is 5.11. The molecule has 2 heteroatoms. The standard InChI is InChI=1S/C14H20N2/c1-11-3-4-13-12(9-11)5-6-15-14(13)10-16-7-2-8-16/h3-4,9,14-15H,2,5-8,10H2,1H3. The Kier molecular flexibility index (Phi) is 2.70. The predicted molar refractivity (Wildman–Crippen MR) is 66.7 cm³/mol. The Morgan fingerprint density at radius 3 is 3.00 bits per heavy atom. The maximum Gasteiger partial charge on any atom is 0.0452 e. The molecule has 1 N–H and O–H groups in total. The van der Waals surface area contributed by atoms with Gasteiger partial charge < -0.3 is 10.2 Å². The fourth-order valence-electron chi connectivity index (χ4n) is 2.77. The summed E-state index contributed by atoms with van der Waals surface area (Å²) in [5.41, 5.74) is 4.48. The van der Waals surface area contributed by atoms with Crippen LogP contribution in [0.25, 0.3) is 0 Å². The molecule has 0 spiro atoms. The van der Waals surface area contributed by atoms with Gasteiger partial charge in [-0.1, -0.05) is 23.8 Å². The van der Waals surface area contributed by atoms with Gasteiger partial charge in [0.1, 0.15) is 0 Å². The second-order valence-corrected chi connectivity index (χ2v) is 5.11. The maximum atomic E-state index is 3.65. The summed E-state index contributed by atoms with van der Waals surface area (Å²) in [6.07, 6.45) is 2.57. The zero-order chi connectivity index (χ0) is 11.0. The number of nitrogens with zero attached hydrogens (tertiary/aromatic N) is 1. The number of nitrogens with one attached hydrogen (secondary N) is 1. The van der Waals surface area contributed by atoms with E-state index in [0.29, 0.717) is 6.04 Å². The van der Waals surface area contributed by atoms with Crippen molar-refractivity contribution in [1.29, 1.82) is 0 Å². The highest BCUT2D eigenvalue weighted by Crippen LogP contribution is 2.25. The van der Waals surface area contributed by atoms with Gasteiger partial charge in [-0.05, 0) is 50.5 Å². The average Bonchev–Trinajstić information content (AvgIpc) is 2.23. The molecule has 1 fully saturated rings. The first kappa shape index (κ1) is 10.3. The van der Waals surface area contributed by atoms with Crippen LogP contribution in [0.2, 0.25) is 0 Å². The van der Waals surface area contributed by atoms with Gasteiger partial charge in [0.25, 0.3) is 0 Å². The number of likely N-dealkylation sites (tertiary alicyclic amines) is 1. The molecular weight excluding hydrogens is 196 g/mol. The predicted octanol–water partition coefficient (Wildman–Crippen LogP) is 1.89. The van der Waals surface area contributed by atoms with Gasteiger partial charge >= 0.3 is 0 Å². The van der Waals surface area contributed by atoms with Crippen molar-refractivity contribution in [3.63, 3.8) is 0 Å². The molecule has 1 unspecified atom stereocenters. The van der Waals surface area contributed by atoms with Crippen LogP contribution in [0.15, 0.2) is 18.2 Å². The molecule has 1 aromatic rings. The molecule has 0 saturated carbocycles. The molecule has 1 atom stereocenters. The summed E-state index contributed by atoms with van der Waals surface area (Å²) < 4.78 is 0. The van der Waals surface area contributed by atoms with Crippen LogP contribution in [0.4, 0.5) is 0 Å². The highest BCUT2D eigenvalue weighted by atomic mass is 15.2. The lowest BCUT2D eigenvalue weighted by Gasteiger charge is -2.37. The van der Waals surface area contributed by atoms with Gasteiger partial charge in [-0.15, -0.1) is 0 Å². The lowest BCUT2D eigenvalue weighted by molar-refractivity contribution is 0.159. The molecule has 86 valence electrons. The van der Waals surface area contributed by atoms with Crippen LogP contribution in [-0.2, 0) is 6.42 Å². The highest BCUT2D eigenvalue weighted by molar-refractivity contribution is 5.36. The summed E-state index contributed by atoms with van der Waals surface area (Å²) >= 11 is 0. The Morgan fingerprint density at radius 1 is 1.38 bits per heavy atom. The summed E-state index contributed by atoms with van der Waals surface area (Å²) in [6, 6.07) is 7.49. The van der Waals surface area contributed by atoms with E-state index >= 15 is 0 Å². The van der Waals surface area contributed by atoms with Crippen molar-refractivity contribution in [3.05, 3.63) is 34.9 Å². The Bertz CT molecular complexity index is 382. The Balaban J connectivity index is 1.81. The molecule has 3 rings (SSSR count). The molecule has 2 aliphatic rings. The molecule has 0 amide bonds. The summed E-state index contributed by atoms with van der Waals surface area (Å²) in [6.45, 7) is 7.09.